The van der Waals surface area contributed by atoms with Gasteiger partial charge in [0, 0.05) is 0 Å². The number of fused-ring (bicyclic) bond motifs is 7. The van der Waals surface area contributed by atoms with Gasteiger partial charge in [0.15, 0.2) is 0 Å². The number of aliphatic hydroxyl groups is 1. The minimum Gasteiger partial charge on any atom is -0.460 e. The Morgan fingerprint density at radius 3 is 2.27 bits per heavy atom. The van der Waals surface area contributed by atoms with Gasteiger partial charge in [-0.25, -0.2) is 0 Å². The van der Waals surface area contributed by atoms with Crippen molar-refractivity contribution in [3.8, 4) is 0 Å². The molecule has 3 nitrogen and oxygen atoms in total. The van der Waals surface area contributed by atoms with Crippen LogP contribution in [0.4, 0.5) is 0 Å². The average molecular weight is 549 g/mol. The maximum absolute atomic E-state index is 13.8. The lowest BCUT2D eigenvalue weighted by Gasteiger charge is -2.72. The molecule has 0 amide bonds. The smallest absolute Gasteiger partial charge is 0.312 e. The number of ether oxygens (including phenoxy) is 1. The Hall–Kier alpha value is -1.61. The first-order valence-electron chi connectivity index (χ1n) is 16.4. The summed E-state index contributed by atoms with van der Waals surface area (Å²) in [7, 11) is 0. The molecule has 0 heterocycles. The third-order valence-electron chi connectivity index (χ3n) is 13.9. The van der Waals surface area contributed by atoms with Crippen molar-refractivity contribution in [2.45, 2.75) is 118 Å². The highest BCUT2D eigenvalue weighted by Gasteiger charge is 2.70. The highest BCUT2D eigenvalue weighted by Crippen LogP contribution is 2.76. The largest absolute Gasteiger partial charge is 0.460 e. The maximum Gasteiger partial charge on any atom is 0.312 e. The zero-order valence-corrected chi connectivity index (χ0v) is 26.1. The molecule has 40 heavy (non-hydrogen) atoms. The standard InChI is InChI=1S/C34H50O2.C3H6O/c1-30(2)17-10-18-31(3)27(30)16-20-33(5)28(31)15-14-25-26-13-9-19-34(26,22-21-32(25,33)4)29(35)36-23-24-11-7-6-8-12-24;1-2-3-4/h6-8,11-12,25-28H,9-10,13-23H2,1-5H3;2,4H,1,3H2/t25?,26?,27?,28?,31?,32-,33?,34?;/m1./s1. The third-order valence-corrected chi connectivity index (χ3v) is 13.9. The number of hydrogen-bond donors (Lipinski definition) is 1. The first-order valence-corrected chi connectivity index (χ1v) is 16.4. The third kappa shape index (κ3) is 4.52. The van der Waals surface area contributed by atoms with E-state index in [0.717, 1.165) is 30.2 Å². The van der Waals surface area contributed by atoms with Gasteiger partial charge >= 0.3 is 5.97 Å². The van der Waals surface area contributed by atoms with Crippen molar-refractivity contribution in [2.75, 3.05) is 6.61 Å². The van der Waals surface area contributed by atoms with Crippen molar-refractivity contribution >= 4 is 5.97 Å². The number of aliphatic hydroxyl groups excluding tert-OH is 1. The highest BCUT2D eigenvalue weighted by atomic mass is 16.5. The van der Waals surface area contributed by atoms with E-state index in [0.29, 0.717) is 40.1 Å². The van der Waals surface area contributed by atoms with Crippen LogP contribution in [-0.4, -0.2) is 17.7 Å². The molecule has 8 atom stereocenters. The number of carbonyl (C=O) groups excluding carboxylic acids is 1. The van der Waals surface area contributed by atoms with E-state index in [4.69, 9.17) is 9.84 Å². The van der Waals surface area contributed by atoms with E-state index in [2.05, 4.69) is 53.3 Å². The topological polar surface area (TPSA) is 46.5 Å². The molecular weight excluding hydrogens is 492 g/mol. The van der Waals surface area contributed by atoms with Gasteiger partial charge in [0.2, 0.25) is 0 Å². The predicted octanol–water partition coefficient (Wildman–Crippen LogP) is 9.14. The Morgan fingerprint density at radius 2 is 1.57 bits per heavy atom. The van der Waals surface area contributed by atoms with Crippen molar-refractivity contribution < 1.29 is 14.6 Å². The monoisotopic (exact) mass is 548 g/mol. The molecule has 5 aliphatic carbocycles. The molecule has 0 aromatic heterocycles. The molecule has 6 rings (SSSR count). The van der Waals surface area contributed by atoms with Crippen LogP contribution in [-0.2, 0) is 16.1 Å². The second-order valence-electron chi connectivity index (χ2n) is 15.7. The van der Waals surface area contributed by atoms with Crippen molar-refractivity contribution in [3.63, 3.8) is 0 Å². The van der Waals surface area contributed by atoms with Crippen LogP contribution in [0.25, 0.3) is 0 Å². The Kier molecular flexibility index (Phi) is 8.14. The first kappa shape index (κ1) is 29.9. The van der Waals surface area contributed by atoms with E-state index < -0.39 is 0 Å². The summed E-state index contributed by atoms with van der Waals surface area (Å²) >= 11 is 0. The van der Waals surface area contributed by atoms with E-state index in [1.54, 1.807) is 0 Å². The molecule has 5 aliphatic rings. The molecule has 5 saturated carbocycles. The van der Waals surface area contributed by atoms with E-state index in [1.165, 1.54) is 70.3 Å². The van der Waals surface area contributed by atoms with Crippen molar-refractivity contribution in [1.29, 1.82) is 0 Å². The summed E-state index contributed by atoms with van der Waals surface area (Å²) < 4.78 is 6.09. The summed E-state index contributed by atoms with van der Waals surface area (Å²) in [6, 6.07) is 10.2. The molecule has 5 fully saturated rings. The quantitative estimate of drug-likeness (QED) is 0.301. The Morgan fingerprint density at radius 1 is 0.850 bits per heavy atom. The van der Waals surface area contributed by atoms with Crippen LogP contribution in [0.5, 0.6) is 0 Å². The van der Waals surface area contributed by atoms with E-state index in [1.807, 2.05) is 18.2 Å². The number of carbonyl (C=O) groups is 1. The fraction of sp³-hybridized carbons (Fsp3) is 0.757. The predicted molar refractivity (Wildman–Crippen MR) is 163 cm³/mol. The Bertz CT molecular complexity index is 1060. The van der Waals surface area contributed by atoms with Crippen molar-refractivity contribution in [2.24, 2.45) is 50.7 Å². The molecule has 0 saturated heterocycles. The molecule has 0 aliphatic heterocycles. The van der Waals surface area contributed by atoms with Crippen LogP contribution in [0, 0.1) is 50.7 Å². The Balaban J connectivity index is 0.000000758. The van der Waals surface area contributed by atoms with Crippen LogP contribution in [0.1, 0.15) is 117 Å². The van der Waals surface area contributed by atoms with Crippen molar-refractivity contribution in [3.05, 3.63) is 48.6 Å². The van der Waals surface area contributed by atoms with Gasteiger partial charge in [0.1, 0.15) is 6.61 Å². The van der Waals surface area contributed by atoms with Crippen LogP contribution in [0.3, 0.4) is 0 Å². The van der Waals surface area contributed by atoms with Gasteiger partial charge in [-0.15, -0.1) is 6.58 Å². The molecule has 7 unspecified atom stereocenters. The summed E-state index contributed by atoms with van der Waals surface area (Å²) in [5.41, 5.74) is 2.60. The second kappa shape index (κ2) is 10.9. The fourth-order valence-corrected chi connectivity index (χ4v) is 11.9. The summed E-state index contributed by atoms with van der Waals surface area (Å²) in [4.78, 5) is 13.8. The van der Waals surface area contributed by atoms with Gasteiger partial charge in [-0.3, -0.25) is 4.79 Å². The van der Waals surface area contributed by atoms with Crippen LogP contribution >= 0.6 is 0 Å². The number of hydrogen-bond acceptors (Lipinski definition) is 3. The normalized spacial score (nSPS) is 43.0. The highest BCUT2D eigenvalue weighted by molar-refractivity contribution is 5.78. The van der Waals surface area contributed by atoms with Gasteiger partial charge in [-0.05, 0) is 115 Å². The van der Waals surface area contributed by atoms with Crippen LogP contribution in [0.2, 0.25) is 0 Å². The van der Waals surface area contributed by atoms with E-state index in [9.17, 15) is 4.79 Å². The van der Waals surface area contributed by atoms with Crippen LogP contribution in [0.15, 0.2) is 43.0 Å². The first-order chi connectivity index (χ1) is 19.0. The lowest BCUT2D eigenvalue weighted by Crippen LogP contribution is -2.65. The Labute approximate surface area is 244 Å². The molecule has 3 heteroatoms. The van der Waals surface area contributed by atoms with Gasteiger partial charge < -0.3 is 9.84 Å². The van der Waals surface area contributed by atoms with Gasteiger partial charge in [-0.2, -0.15) is 0 Å². The fourth-order valence-electron chi connectivity index (χ4n) is 11.9. The molecular formula is C37H56O3. The van der Waals surface area contributed by atoms with E-state index >= 15 is 0 Å². The minimum absolute atomic E-state index is 0.0833. The number of esters is 1. The van der Waals surface area contributed by atoms with Gasteiger partial charge in [0.05, 0.1) is 12.0 Å². The lowest BCUT2D eigenvalue weighted by molar-refractivity contribution is -0.236. The maximum atomic E-state index is 13.8. The zero-order chi connectivity index (χ0) is 28.8. The summed E-state index contributed by atoms with van der Waals surface area (Å²) in [5.74, 6) is 3.03. The number of benzene rings is 1. The van der Waals surface area contributed by atoms with Crippen LogP contribution < -0.4 is 0 Å². The molecule has 222 valence electrons. The molecule has 1 aromatic carbocycles. The van der Waals surface area contributed by atoms with Gasteiger partial charge in [-0.1, -0.05) is 83.9 Å². The summed E-state index contributed by atoms with van der Waals surface area (Å²) in [6.07, 6.45) is 16.9. The lowest BCUT2D eigenvalue weighted by atomic mass is 9.32. The summed E-state index contributed by atoms with van der Waals surface area (Å²) in [6.45, 7) is 17.0. The molecule has 0 spiro atoms. The average Bonchev–Trinajstić information content (AvgIpc) is 3.38. The molecule has 1 aromatic rings. The van der Waals surface area contributed by atoms with Gasteiger partial charge in [0.25, 0.3) is 0 Å². The summed E-state index contributed by atoms with van der Waals surface area (Å²) in [5, 5.41) is 7.76. The minimum atomic E-state index is -0.226. The SMILES string of the molecule is C=CCO.CC1(C)CCCC2(C)C1CCC1(C)C2CCC2C3CCCC3(C(=O)OCc3ccccc3)CC[C@]21C. The zero-order valence-electron chi connectivity index (χ0n) is 26.1. The molecule has 0 bridgehead atoms. The number of rotatable bonds is 4. The molecule has 0 radical (unpaired) electrons. The van der Waals surface area contributed by atoms with Crippen molar-refractivity contribution in [1.82, 2.24) is 0 Å². The molecule has 1 N–H and O–H groups in total. The van der Waals surface area contributed by atoms with E-state index in [-0.39, 0.29) is 18.0 Å². The second-order valence-corrected chi connectivity index (χ2v) is 15.7.